The van der Waals surface area contributed by atoms with Gasteiger partial charge in [-0.1, -0.05) is 200 Å². The van der Waals surface area contributed by atoms with E-state index < -0.39 is 0 Å². The van der Waals surface area contributed by atoms with Gasteiger partial charge in [0.15, 0.2) is 0 Å². The number of para-hydroxylation sites is 2. The summed E-state index contributed by atoms with van der Waals surface area (Å²) in [6.45, 7) is 0. The number of aromatic nitrogens is 1. The molecule has 0 saturated heterocycles. The van der Waals surface area contributed by atoms with E-state index in [1.807, 2.05) is 0 Å². The van der Waals surface area contributed by atoms with Gasteiger partial charge in [-0.25, -0.2) is 0 Å². The first-order valence-electron chi connectivity index (χ1n) is 24.3. The molecule has 0 bridgehead atoms. The van der Waals surface area contributed by atoms with Gasteiger partial charge in [0.1, 0.15) is 0 Å². The summed E-state index contributed by atoms with van der Waals surface area (Å²) < 4.78 is 2.38. The fourth-order valence-corrected chi connectivity index (χ4v) is 10.6. The molecule has 1 heterocycles. The fourth-order valence-electron chi connectivity index (χ4n) is 10.6. The third-order valence-corrected chi connectivity index (χ3v) is 14.0. The van der Waals surface area contributed by atoms with Crippen molar-refractivity contribution in [2.75, 3.05) is 9.80 Å². The zero-order valence-corrected chi connectivity index (χ0v) is 39.0. The van der Waals surface area contributed by atoms with E-state index in [-0.39, 0.29) is 0 Å². The van der Waals surface area contributed by atoms with Gasteiger partial charge in [-0.3, -0.25) is 0 Å². The lowest BCUT2D eigenvalue weighted by molar-refractivity contribution is 1.18. The predicted molar refractivity (Wildman–Crippen MR) is 301 cm³/mol. The summed E-state index contributed by atoms with van der Waals surface area (Å²) in [7, 11) is 0. The molecule has 0 fully saturated rings. The van der Waals surface area contributed by atoms with Gasteiger partial charge >= 0.3 is 0 Å². The number of hydrogen-bond donors (Lipinski definition) is 0. The summed E-state index contributed by atoms with van der Waals surface area (Å²) in [5, 5.41) is 7.20. The highest BCUT2D eigenvalue weighted by atomic mass is 15.1. The van der Waals surface area contributed by atoms with Crippen molar-refractivity contribution in [3.63, 3.8) is 0 Å². The maximum atomic E-state index is 2.42. The van der Waals surface area contributed by atoms with E-state index in [1.165, 1.54) is 71.2 Å². The Balaban J connectivity index is 0.923. The third-order valence-electron chi connectivity index (χ3n) is 14.0. The Morgan fingerprint density at radius 2 is 0.676 bits per heavy atom. The molecule has 334 valence electrons. The molecule has 0 amide bonds. The third kappa shape index (κ3) is 7.58. The van der Waals surface area contributed by atoms with Gasteiger partial charge in [0, 0.05) is 50.0 Å². The van der Waals surface area contributed by atoms with Gasteiger partial charge in [-0.2, -0.15) is 0 Å². The molecule has 3 nitrogen and oxygen atoms in total. The van der Waals surface area contributed by atoms with Gasteiger partial charge in [-0.05, 0) is 129 Å². The highest BCUT2D eigenvalue weighted by molar-refractivity contribution is 6.11. The molecule has 0 N–H and O–H groups in total. The second-order valence-electron chi connectivity index (χ2n) is 18.1. The van der Waals surface area contributed by atoms with Crippen LogP contribution in [0.1, 0.15) is 0 Å². The Hall–Kier alpha value is -9.44. The van der Waals surface area contributed by atoms with Gasteiger partial charge in [-0.15, -0.1) is 0 Å². The number of anilines is 6. The van der Waals surface area contributed by atoms with Crippen molar-refractivity contribution in [3.8, 4) is 39.1 Å². The van der Waals surface area contributed by atoms with Gasteiger partial charge in [0.05, 0.1) is 22.4 Å². The van der Waals surface area contributed by atoms with Crippen molar-refractivity contribution >= 4 is 77.5 Å². The first-order chi connectivity index (χ1) is 35.2. The van der Waals surface area contributed by atoms with Gasteiger partial charge < -0.3 is 14.4 Å². The quantitative estimate of drug-likeness (QED) is 0.135. The molecule has 0 spiro atoms. The summed E-state index contributed by atoms with van der Waals surface area (Å²) in [4.78, 5) is 4.82. The zero-order valence-electron chi connectivity index (χ0n) is 39.0. The van der Waals surface area contributed by atoms with E-state index >= 15 is 0 Å². The molecule has 3 heteroatoms. The summed E-state index contributed by atoms with van der Waals surface area (Å²) in [5.41, 5.74) is 17.2. The van der Waals surface area contributed by atoms with Crippen LogP contribution < -0.4 is 9.80 Å². The van der Waals surface area contributed by atoms with E-state index in [0.29, 0.717) is 0 Å². The number of nitrogens with zero attached hydrogens (tertiary/aromatic N) is 3. The van der Waals surface area contributed by atoms with Crippen LogP contribution in [-0.2, 0) is 0 Å². The second-order valence-corrected chi connectivity index (χ2v) is 18.1. The SMILES string of the molecule is c1ccc(-c2ccc(N(c3ccc(-c4ccccc4)cc3)c3ccc(-c4ccc(N(c5ccc6c(c5)c5ccccc5n6-c5ccccc5)c5cccc6ccccc56)cc4)c4ccccc34)cc2)cc1. The van der Waals surface area contributed by atoms with E-state index in [0.717, 1.165) is 45.4 Å². The molecule has 0 aliphatic heterocycles. The average Bonchev–Trinajstić information content (AvgIpc) is 3.78. The Labute approximate surface area is 414 Å². The summed E-state index contributed by atoms with van der Waals surface area (Å²) in [5.74, 6) is 0. The molecule has 13 aromatic rings. The van der Waals surface area contributed by atoms with Crippen molar-refractivity contribution < 1.29 is 0 Å². The Kier molecular flexibility index (Phi) is 10.5. The molecular formula is C68H47N3. The number of rotatable bonds is 10. The standard InChI is InChI=1S/C68H47N3/c1-4-17-48(18-5-1)50-31-37-55(38-32-50)69(56-39-33-51(34-40-56)49-19-6-2-7-20-49)67-46-44-59(61-26-12-13-27-62(61)67)53-35-41-57(42-36-53)70(65-30-16-22-52-21-10-11-25-60(52)65)58-43-45-68-64(47-58)63-28-14-15-29-66(63)71(68)54-23-8-3-9-24-54/h1-47H. The lowest BCUT2D eigenvalue weighted by Gasteiger charge is -2.28. The van der Waals surface area contributed by atoms with Crippen LogP contribution >= 0.6 is 0 Å². The summed E-state index contributed by atoms with van der Waals surface area (Å²) in [6, 6.07) is 103. The van der Waals surface area contributed by atoms with E-state index in [1.54, 1.807) is 0 Å². The number of fused-ring (bicyclic) bond motifs is 5. The molecule has 0 radical (unpaired) electrons. The summed E-state index contributed by atoms with van der Waals surface area (Å²) in [6.07, 6.45) is 0. The highest BCUT2D eigenvalue weighted by Gasteiger charge is 2.21. The highest BCUT2D eigenvalue weighted by Crippen LogP contribution is 2.45. The second kappa shape index (κ2) is 17.9. The molecule has 0 unspecified atom stereocenters. The maximum absolute atomic E-state index is 2.42. The van der Waals surface area contributed by atoms with Crippen LogP contribution in [0.4, 0.5) is 34.1 Å². The van der Waals surface area contributed by atoms with Crippen LogP contribution in [0.5, 0.6) is 0 Å². The summed E-state index contributed by atoms with van der Waals surface area (Å²) >= 11 is 0. The van der Waals surface area contributed by atoms with E-state index in [9.17, 15) is 0 Å². The number of hydrogen-bond acceptors (Lipinski definition) is 2. The van der Waals surface area contributed by atoms with Crippen molar-refractivity contribution in [2.45, 2.75) is 0 Å². The topological polar surface area (TPSA) is 11.4 Å². The van der Waals surface area contributed by atoms with Crippen molar-refractivity contribution in [1.82, 2.24) is 4.57 Å². The normalized spacial score (nSPS) is 11.4. The molecule has 13 rings (SSSR count). The molecule has 0 saturated carbocycles. The molecule has 12 aromatic carbocycles. The minimum absolute atomic E-state index is 1.08. The van der Waals surface area contributed by atoms with E-state index in [4.69, 9.17) is 0 Å². The Morgan fingerprint density at radius 1 is 0.239 bits per heavy atom. The van der Waals surface area contributed by atoms with Crippen LogP contribution in [0, 0.1) is 0 Å². The van der Waals surface area contributed by atoms with Gasteiger partial charge in [0.2, 0.25) is 0 Å². The van der Waals surface area contributed by atoms with Crippen molar-refractivity contribution in [3.05, 3.63) is 285 Å². The molecule has 1 aromatic heterocycles. The molecule has 0 aliphatic rings. The minimum atomic E-state index is 1.08. The lowest BCUT2D eigenvalue weighted by Crippen LogP contribution is -2.11. The average molecular weight is 906 g/mol. The predicted octanol–water partition coefficient (Wildman–Crippen LogP) is 19.0. The number of benzene rings is 12. The smallest absolute Gasteiger partial charge is 0.0542 e. The van der Waals surface area contributed by atoms with Crippen LogP contribution in [-0.4, -0.2) is 4.57 Å². The van der Waals surface area contributed by atoms with Crippen LogP contribution in [0.3, 0.4) is 0 Å². The van der Waals surface area contributed by atoms with Crippen molar-refractivity contribution in [2.24, 2.45) is 0 Å². The Morgan fingerprint density at radius 3 is 1.31 bits per heavy atom. The van der Waals surface area contributed by atoms with Gasteiger partial charge in [0.25, 0.3) is 0 Å². The first-order valence-corrected chi connectivity index (χ1v) is 24.3. The first kappa shape index (κ1) is 41.7. The van der Waals surface area contributed by atoms with Crippen LogP contribution in [0.25, 0.3) is 82.4 Å². The Bertz CT molecular complexity index is 3920. The molecule has 71 heavy (non-hydrogen) atoms. The molecule has 0 atom stereocenters. The lowest BCUT2D eigenvalue weighted by atomic mass is 9.95. The molecule has 0 aliphatic carbocycles. The van der Waals surface area contributed by atoms with E-state index in [2.05, 4.69) is 299 Å². The fraction of sp³-hybridized carbons (Fsp3) is 0. The largest absolute Gasteiger partial charge is 0.310 e. The van der Waals surface area contributed by atoms with Crippen LogP contribution in [0.2, 0.25) is 0 Å². The van der Waals surface area contributed by atoms with Crippen molar-refractivity contribution in [1.29, 1.82) is 0 Å². The minimum Gasteiger partial charge on any atom is -0.310 e. The maximum Gasteiger partial charge on any atom is 0.0542 e. The monoisotopic (exact) mass is 905 g/mol. The van der Waals surface area contributed by atoms with Crippen LogP contribution in [0.15, 0.2) is 285 Å². The zero-order chi connectivity index (χ0) is 47.1. The molecular weight excluding hydrogens is 859 g/mol.